The summed E-state index contributed by atoms with van der Waals surface area (Å²) < 4.78 is 0. The molecule has 0 radical (unpaired) electrons. The Balaban J connectivity index is 3.39. The predicted molar refractivity (Wildman–Crippen MR) is 59.1 cm³/mol. The van der Waals surface area contributed by atoms with Gasteiger partial charge in [0.05, 0.1) is 0 Å². The molecule has 2 N–H and O–H groups in total. The number of rotatable bonds is 7. The van der Waals surface area contributed by atoms with Gasteiger partial charge in [0, 0.05) is 20.5 Å². The van der Waals surface area contributed by atoms with Crippen LogP contribution in [0.4, 0.5) is 0 Å². The smallest absolute Gasteiger partial charge is 0.222 e. The van der Waals surface area contributed by atoms with E-state index in [0.29, 0.717) is 6.42 Å². The minimum absolute atomic E-state index is 0.206. The van der Waals surface area contributed by atoms with Gasteiger partial charge in [0.1, 0.15) is 0 Å². The molecule has 4 heteroatoms. The topological polar surface area (TPSA) is 49.6 Å². The standard InChI is InChI=1S/C10H23N3O/c1-12(2)10(14)6-4-8-13(3)9-5-7-11/h4-9,11H2,1-3H3. The van der Waals surface area contributed by atoms with Gasteiger partial charge >= 0.3 is 0 Å². The SMILES string of the molecule is CN(CCCN)CCCC(=O)N(C)C. The Morgan fingerprint density at radius 3 is 2.21 bits per heavy atom. The molecule has 0 aromatic carbocycles. The van der Waals surface area contributed by atoms with E-state index in [2.05, 4.69) is 11.9 Å². The van der Waals surface area contributed by atoms with Gasteiger partial charge in [0.15, 0.2) is 0 Å². The first-order valence-electron chi connectivity index (χ1n) is 5.16. The lowest BCUT2D eigenvalue weighted by Gasteiger charge is -2.16. The molecule has 0 aromatic rings. The zero-order valence-corrected chi connectivity index (χ0v) is 9.62. The summed E-state index contributed by atoms with van der Waals surface area (Å²) in [6.45, 7) is 2.73. The fourth-order valence-electron chi connectivity index (χ4n) is 1.20. The van der Waals surface area contributed by atoms with E-state index in [1.807, 2.05) is 0 Å². The van der Waals surface area contributed by atoms with Gasteiger partial charge in [-0.15, -0.1) is 0 Å². The molecule has 0 saturated heterocycles. The molecular formula is C10H23N3O. The van der Waals surface area contributed by atoms with Crippen molar-refractivity contribution in [3.05, 3.63) is 0 Å². The lowest BCUT2D eigenvalue weighted by Crippen LogP contribution is -2.26. The highest BCUT2D eigenvalue weighted by atomic mass is 16.2. The van der Waals surface area contributed by atoms with Gasteiger partial charge in [0.25, 0.3) is 0 Å². The largest absolute Gasteiger partial charge is 0.349 e. The number of carbonyl (C=O) groups excluding carboxylic acids is 1. The summed E-state index contributed by atoms with van der Waals surface area (Å²) in [5.74, 6) is 0.206. The van der Waals surface area contributed by atoms with Crippen molar-refractivity contribution in [1.82, 2.24) is 9.80 Å². The average Bonchev–Trinajstić information content (AvgIpc) is 2.14. The molecule has 0 unspecified atom stereocenters. The molecule has 0 atom stereocenters. The molecule has 0 aliphatic rings. The Morgan fingerprint density at radius 2 is 1.71 bits per heavy atom. The lowest BCUT2D eigenvalue weighted by molar-refractivity contribution is -0.128. The number of nitrogens with two attached hydrogens (primary N) is 1. The first kappa shape index (κ1) is 13.4. The summed E-state index contributed by atoms with van der Waals surface area (Å²) in [5.41, 5.74) is 5.41. The van der Waals surface area contributed by atoms with E-state index in [4.69, 9.17) is 5.73 Å². The van der Waals surface area contributed by atoms with E-state index in [9.17, 15) is 4.79 Å². The maximum absolute atomic E-state index is 11.2. The first-order chi connectivity index (χ1) is 6.57. The van der Waals surface area contributed by atoms with E-state index in [1.165, 1.54) is 0 Å². The number of hydrogen-bond acceptors (Lipinski definition) is 3. The van der Waals surface area contributed by atoms with Crippen molar-refractivity contribution in [2.75, 3.05) is 40.8 Å². The number of carbonyl (C=O) groups is 1. The summed E-state index contributed by atoms with van der Waals surface area (Å²) in [4.78, 5) is 15.1. The summed E-state index contributed by atoms with van der Waals surface area (Å²) in [6.07, 6.45) is 2.59. The monoisotopic (exact) mass is 201 g/mol. The van der Waals surface area contributed by atoms with E-state index in [1.54, 1.807) is 19.0 Å². The van der Waals surface area contributed by atoms with Gasteiger partial charge in [0.2, 0.25) is 5.91 Å². The third-order valence-corrected chi connectivity index (χ3v) is 2.17. The van der Waals surface area contributed by atoms with Crippen molar-refractivity contribution in [3.63, 3.8) is 0 Å². The molecule has 0 bridgehead atoms. The molecule has 1 amide bonds. The second-order valence-electron chi connectivity index (χ2n) is 3.84. The van der Waals surface area contributed by atoms with Crippen LogP contribution >= 0.6 is 0 Å². The molecule has 84 valence electrons. The summed E-state index contributed by atoms with van der Waals surface area (Å²) in [6, 6.07) is 0. The predicted octanol–water partition coefficient (Wildman–Crippen LogP) is 0.135. The fourth-order valence-corrected chi connectivity index (χ4v) is 1.20. The Hall–Kier alpha value is -0.610. The summed E-state index contributed by atoms with van der Waals surface area (Å²) in [7, 11) is 5.65. The van der Waals surface area contributed by atoms with Gasteiger partial charge in [-0.05, 0) is 39.5 Å². The van der Waals surface area contributed by atoms with Crippen molar-refractivity contribution in [2.24, 2.45) is 5.73 Å². The summed E-state index contributed by atoms with van der Waals surface area (Å²) >= 11 is 0. The highest BCUT2D eigenvalue weighted by molar-refractivity contribution is 5.75. The van der Waals surface area contributed by atoms with Crippen LogP contribution in [0, 0.1) is 0 Å². The molecular weight excluding hydrogens is 178 g/mol. The molecule has 0 saturated carbocycles. The second-order valence-corrected chi connectivity index (χ2v) is 3.84. The Bertz CT molecular complexity index is 159. The fraction of sp³-hybridized carbons (Fsp3) is 0.900. The minimum atomic E-state index is 0.206. The van der Waals surface area contributed by atoms with E-state index >= 15 is 0 Å². The zero-order chi connectivity index (χ0) is 11.0. The highest BCUT2D eigenvalue weighted by Gasteiger charge is 2.04. The molecule has 0 aromatic heterocycles. The Morgan fingerprint density at radius 1 is 1.14 bits per heavy atom. The van der Waals surface area contributed by atoms with E-state index in [-0.39, 0.29) is 5.91 Å². The van der Waals surface area contributed by atoms with Crippen molar-refractivity contribution in [2.45, 2.75) is 19.3 Å². The maximum atomic E-state index is 11.2. The van der Waals surface area contributed by atoms with Gasteiger partial charge in [-0.25, -0.2) is 0 Å². The van der Waals surface area contributed by atoms with Crippen LogP contribution in [0.3, 0.4) is 0 Å². The van der Waals surface area contributed by atoms with Crippen molar-refractivity contribution >= 4 is 5.91 Å². The minimum Gasteiger partial charge on any atom is -0.349 e. The highest BCUT2D eigenvalue weighted by Crippen LogP contribution is 1.96. The van der Waals surface area contributed by atoms with Crippen molar-refractivity contribution in [1.29, 1.82) is 0 Å². The molecule has 0 heterocycles. The van der Waals surface area contributed by atoms with Gasteiger partial charge < -0.3 is 15.5 Å². The van der Waals surface area contributed by atoms with Crippen LogP contribution in [-0.4, -0.2) is 56.5 Å². The molecule has 4 nitrogen and oxygen atoms in total. The van der Waals surface area contributed by atoms with Gasteiger partial charge in [-0.2, -0.15) is 0 Å². The van der Waals surface area contributed by atoms with Crippen LogP contribution in [0.1, 0.15) is 19.3 Å². The molecule has 0 aliphatic heterocycles. The number of amides is 1. The normalized spacial score (nSPS) is 10.6. The van der Waals surface area contributed by atoms with E-state index < -0.39 is 0 Å². The zero-order valence-electron chi connectivity index (χ0n) is 9.62. The number of nitrogens with zero attached hydrogens (tertiary/aromatic N) is 2. The average molecular weight is 201 g/mol. The third kappa shape index (κ3) is 6.86. The van der Waals surface area contributed by atoms with Crippen LogP contribution < -0.4 is 5.73 Å². The van der Waals surface area contributed by atoms with Crippen LogP contribution in [0.15, 0.2) is 0 Å². The van der Waals surface area contributed by atoms with Gasteiger partial charge in [-0.3, -0.25) is 4.79 Å². The molecule has 0 fully saturated rings. The van der Waals surface area contributed by atoms with Crippen LogP contribution in [-0.2, 0) is 4.79 Å². The Kier molecular flexibility index (Phi) is 7.42. The maximum Gasteiger partial charge on any atom is 0.222 e. The molecule has 0 aliphatic carbocycles. The molecule has 0 rings (SSSR count). The van der Waals surface area contributed by atoms with Crippen LogP contribution in [0.5, 0.6) is 0 Å². The van der Waals surface area contributed by atoms with Crippen LogP contribution in [0.25, 0.3) is 0 Å². The van der Waals surface area contributed by atoms with Gasteiger partial charge in [-0.1, -0.05) is 0 Å². The van der Waals surface area contributed by atoms with E-state index in [0.717, 1.165) is 32.5 Å². The molecule has 0 spiro atoms. The first-order valence-corrected chi connectivity index (χ1v) is 5.16. The second kappa shape index (κ2) is 7.76. The Labute approximate surface area is 87.0 Å². The molecule has 14 heavy (non-hydrogen) atoms. The van der Waals surface area contributed by atoms with Crippen molar-refractivity contribution in [3.8, 4) is 0 Å². The van der Waals surface area contributed by atoms with Crippen LogP contribution in [0.2, 0.25) is 0 Å². The number of hydrogen-bond donors (Lipinski definition) is 1. The third-order valence-electron chi connectivity index (χ3n) is 2.17. The van der Waals surface area contributed by atoms with Crippen molar-refractivity contribution < 1.29 is 4.79 Å². The quantitative estimate of drug-likeness (QED) is 0.637. The summed E-state index contributed by atoms with van der Waals surface area (Å²) in [5, 5.41) is 0. The lowest BCUT2D eigenvalue weighted by atomic mass is 10.2.